The summed E-state index contributed by atoms with van der Waals surface area (Å²) in [7, 11) is 6.01. The second kappa shape index (κ2) is 7.29. The van der Waals surface area contributed by atoms with E-state index in [0.29, 0.717) is 5.56 Å². The summed E-state index contributed by atoms with van der Waals surface area (Å²) < 4.78 is 22.3. The maximum Gasteiger partial charge on any atom is 0.332 e. The molecule has 0 radical (unpaired) electrons. The first-order valence-corrected chi connectivity index (χ1v) is 8.41. The smallest absolute Gasteiger partial charge is 0.332 e. The standard InChI is InChI=1S/C18H20FN5O4/c1-21(8-11-5-6-13(28-4)12(19)7-11)14(25)9-24-17(26)15-16(20-10-22(15)2)23(3)18(24)27/h5-7,10H,8-9H2,1-4H3. The van der Waals surface area contributed by atoms with Crippen molar-refractivity contribution in [3.8, 4) is 5.75 Å². The Balaban J connectivity index is 1.87. The Labute approximate surface area is 159 Å². The first kappa shape index (κ1) is 19.3. The van der Waals surface area contributed by atoms with Gasteiger partial charge in [-0.3, -0.25) is 14.2 Å². The summed E-state index contributed by atoms with van der Waals surface area (Å²) in [5.74, 6) is -0.887. The lowest BCUT2D eigenvalue weighted by Crippen LogP contribution is -2.43. The molecule has 0 saturated heterocycles. The summed E-state index contributed by atoms with van der Waals surface area (Å²) in [6.07, 6.45) is 1.43. The molecule has 10 heteroatoms. The zero-order chi connectivity index (χ0) is 20.6. The molecule has 0 N–H and O–H groups in total. The lowest BCUT2D eigenvalue weighted by Gasteiger charge is -2.18. The van der Waals surface area contributed by atoms with Crippen molar-refractivity contribution in [2.45, 2.75) is 13.1 Å². The van der Waals surface area contributed by atoms with Crippen molar-refractivity contribution in [1.29, 1.82) is 0 Å². The van der Waals surface area contributed by atoms with Crippen molar-refractivity contribution >= 4 is 17.1 Å². The highest BCUT2D eigenvalue weighted by molar-refractivity contribution is 5.76. The van der Waals surface area contributed by atoms with Gasteiger partial charge in [-0.25, -0.2) is 18.7 Å². The number of nitrogens with zero attached hydrogens (tertiary/aromatic N) is 5. The van der Waals surface area contributed by atoms with E-state index in [-0.39, 0.29) is 23.5 Å². The van der Waals surface area contributed by atoms with Gasteiger partial charge in [-0.05, 0) is 17.7 Å². The van der Waals surface area contributed by atoms with Gasteiger partial charge in [-0.1, -0.05) is 6.07 Å². The second-order valence-electron chi connectivity index (χ2n) is 6.48. The molecule has 0 saturated carbocycles. The Morgan fingerprint density at radius 2 is 2.00 bits per heavy atom. The van der Waals surface area contributed by atoms with Crippen LogP contribution in [0.15, 0.2) is 34.1 Å². The van der Waals surface area contributed by atoms with Crippen molar-refractivity contribution in [2.24, 2.45) is 14.1 Å². The highest BCUT2D eigenvalue weighted by Crippen LogP contribution is 2.18. The van der Waals surface area contributed by atoms with E-state index in [1.54, 1.807) is 13.1 Å². The topological polar surface area (TPSA) is 91.4 Å². The maximum absolute atomic E-state index is 13.8. The first-order valence-electron chi connectivity index (χ1n) is 8.41. The number of fused-ring (bicyclic) bond motifs is 1. The first-order chi connectivity index (χ1) is 13.2. The lowest BCUT2D eigenvalue weighted by atomic mass is 10.2. The summed E-state index contributed by atoms with van der Waals surface area (Å²) in [6, 6.07) is 4.38. The van der Waals surface area contributed by atoms with Gasteiger partial charge >= 0.3 is 5.69 Å². The predicted octanol–water partition coefficient (Wildman–Crippen LogP) is 0.240. The summed E-state index contributed by atoms with van der Waals surface area (Å²) in [4.78, 5) is 43.1. The highest BCUT2D eigenvalue weighted by atomic mass is 19.1. The van der Waals surface area contributed by atoms with Gasteiger partial charge in [-0.2, -0.15) is 0 Å². The van der Waals surface area contributed by atoms with Crippen molar-refractivity contribution in [3.05, 3.63) is 56.7 Å². The molecule has 28 heavy (non-hydrogen) atoms. The van der Waals surface area contributed by atoms with Gasteiger partial charge in [0.15, 0.2) is 22.7 Å². The van der Waals surface area contributed by atoms with Crippen LogP contribution in [0.25, 0.3) is 11.2 Å². The monoisotopic (exact) mass is 389 g/mol. The summed E-state index contributed by atoms with van der Waals surface area (Å²) in [6.45, 7) is -0.315. The molecule has 9 nitrogen and oxygen atoms in total. The number of likely N-dealkylation sites (N-methyl/N-ethyl adjacent to an activating group) is 1. The number of methoxy groups -OCH3 is 1. The number of hydrogen-bond acceptors (Lipinski definition) is 5. The van der Waals surface area contributed by atoms with Crippen LogP contribution >= 0.6 is 0 Å². The van der Waals surface area contributed by atoms with Gasteiger partial charge in [0.25, 0.3) is 5.56 Å². The predicted molar refractivity (Wildman–Crippen MR) is 99.6 cm³/mol. The third-order valence-corrected chi connectivity index (χ3v) is 4.56. The average molecular weight is 389 g/mol. The van der Waals surface area contributed by atoms with Gasteiger partial charge in [0.05, 0.1) is 13.4 Å². The van der Waals surface area contributed by atoms with Gasteiger partial charge < -0.3 is 14.2 Å². The third-order valence-electron chi connectivity index (χ3n) is 4.56. The number of imidazole rings is 1. The largest absolute Gasteiger partial charge is 0.494 e. The number of aromatic nitrogens is 4. The molecule has 0 aliphatic rings. The molecule has 0 bridgehead atoms. The van der Waals surface area contributed by atoms with Crippen LogP contribution in [0.5, 0.6) is 5.75 Å². The van der Waals surface area contributed by atoms with Crippen LogP contribution in [0.3, 0.4) is 0 Å². The van der Waals surface area contributed by atoms with E-state index >= 15 is 0 Å². The second-order valence-corrected chi connectivity index (χ2v) is 6.48. The minimum atomic E-state index is -0.631. The van der Waals surface area contributed by atoms with Crippen molar-refractivity contribution < 1.29 is 13.9 Å². The molecule has 0 fully saturated rings. The number of hydrogen-bond donors (Lipinski definition) is 0. The molecule has 0 aliphatic carbocycles. The maximum atomic E-state index is 13.8. The van der Waals surface area contributed by atoms with Crippen LogP contribution in [-0.2, 0) is 32.0 Å². The molecule has 0 aliphatic heterocycles. The molecule has 3 rings (SSSR count). The SMILES string of the molecule is COc1ccc(CN(C)C(=O)Cn2c(=O)c3c(ncn3C)n(C)c2=O)cc1F. The van der Waals surface area contributed by atoms with E-state index in [0.717, 1.165) is 4.57 Å². The van der Waals surface area contributed by atoms with Crippen LogP contribution in [0.2, 0.25) is 0 Å². The number of carbonyl (C=O) groups excluding carboxylic acids is 1. The summed E-state index contributed by atoms with van der Waals surface area (Å²) in [5, 5.41) is 0. The van der Waals surface area contributed by atoms with Gasteiger partial charge in [0.1, 0.15) is 6.54 Å². The molecule has 1 aromatic carbocycles. The quantitative estimate of drug-likeness (QED) is 0.624. The fraction of sp³-hybridized carbons (Fsp3) is 0.333. The van der Waals surface area contributed by atoms with Gasteiger partial charge in [0.2, 0.25) is 5.91 Å². The van der Waals surface area contributed by atoms with Crippen LogP contribution in [0.1, 0.15) is 5.56 Å². The Morgan fingerprint density at radius 3 is 2.64 bits per heavy atom. The van der Waals surface area contributed by atoms with E-state index < -0.39 is 29.5 Å². The molecule has 148 valence electrons. The fourth-order valence-electron chi connectivity index (χ4n) is 2.96. The molecule has 0 atom stereocenters. The third kappa shape index (κ3) is 3.28. The normalized spacial score (nSPS) is 11.0. The minimum Gasteiger partial charge on any atom is -0.494 e. The van der Waals surface area contributed by atoms with E-state index in [1.165, 1.54) is 53.7 Å². The molecular weight excluding hydrogens is 369 g/mol. The van der Waals surface area contributed by atoms with Gasteiger partial charge in [-0.15, -0.1) is 0 Å². The lowest BCUT2D eigenvalue weighted by molar-refractivity contribution is -0.131. The van der Waals surface area contributed by atoms with E-state index in [2.05, 4.69) is 4.98 Å². The Morgan fingerprint density at radius 1 is 1.29 bits per heavy atom. The number of benzene rings is 1. The van der Waals surface area contributed by atoms with E-state index in [4.69, 9.17) is 4.74 Å². The summed E-state index contributed by atoms with van der Waals surface area (Å²) in [5.41, 5.74) is -0.182. The van der Waals surface area contributed by atoms with Crippen LogP contribution in [0, 0.1) is 5.82 Å². The van der Waals surface area contributed by atoms with E-state index in [9.17, 15) is 18.8 Å². The average Bonchev–Trinajstić information content (AvgIpc) is 3.05. The van der Waals surface area contributed by atoms with Crippen LogP contribution < -0.4 is 16.0 Å². The summed E-state index contributed by atoms with van der Waals surface area (Å²) >= 11 is 0. The van der Waals surface area contributed by atoms with Gasteiger partial charge in [0, 0.05) is 27.7 Å². The Kier molecular flexibility index (Phi) is 5.04. The molecule has 2 heterocycles. The molecular formula is C18H20FN5O4. The number of rotatable bonds is 5. The fourth-order valence-corrected chi connectivity index (χ4v) is 2.96. The number of amides is 1. The highest BCUT2D eigenvalue weighted by Gasteiger charge is 2.19. The van der Waals surface area contributed by atoms with Crippen molar-refractivity contribution in [3.63, 3.8) is 0 Å². The number of halogens is 1. The minimum absolute atomic E-state index is 0.109. The molecule has 0 spiro atoms. The molecule has 3 aromatic rings. The number of aryl methyl sites for hydroxylation is 2. The number of carbonyl (C=O) groups is 1. The Bertz CT molecular complexity index is 1180. The van der Waals surface area contributed by atoms with Crippen molar-refractivity contribution in [2.75, 3.05) is 14.2 Å². The van der Waals surface area contributed by atoms with Crippen LogP contribution in [-0.4, -0.2) is 43.6 Å². The van der Waals surface area contributed by atoms with E-state index in [1.807, 2.05) is 0 Å². The zero-order valence-electron chi connectivity index (χ0n) is 16.0. The zero-order valence-corrected chi connectivity index (χ0v) is 16.0. The molecule has 1 amide bonds. The van der Waals surface area contributed by atoms with Crippen LogP contribution in [0.4, 0.5) is 4.39 Å². The molecule has 2 aromatic heterocycles. The molecule has 0 unspecified atom stereocenters. The Hall–Kier alpha value is -3.43. The van der Waals surface area contributed by atoms with Crippen molar-refractivity contribution in [1.82, 2.24) is 23.6 Å². The number of ether oxygens (including phenoxy) is 1.